The molecule has 116 valence electrons. The SMILES string of the molecule is CC.CC.CCc1ccccc1Sc1ccc(Cl)cc1C. The lowest BCUT2D eigenvalue weighted by molar-refractivity contribution is 1.08. The molecule has 0 saturated heterocycles. The average molecular weight is 323 g/mol. The molecular formula is C19H27ClS. The van der Waals surface area contributed by atoms with Gasteiger partial charge in [0.2, 0.25) is 0 Å². The third-order valence-corrected chi connectivity index (χ3v) is 4.24. The van der Waals surface area contributed by atoms with E-state index in [4.69, 9.17) is 11.6 Å². The van der Waals surface area contributed by atoms with Crippen LogP contribution in [0, 0.1) is 6.92 Å². The highest BCUT2D eigenvalue weighted by Gasteiger charge is 2.05. The Kier molecular flexibility index (Phi) is 11.2. The van der Waals surface area contributed by atoms with Crippen molar-refractivity contribution >= 4 is 23.4 Å². The van der Waals surface area contributed by atoms with Gasteiger partial charge in [0.15, 0.2) is 0 Å². The molecule has 0 saturated carbocycles. The molecule has 0 aromatic heterocycles. The van der Waals surface area contributed by atoms with Gasteiger partial charge in [-0.2, -0.15) is 0 Å². The summed E-state index contributed by atoms with van der Waals surface area (Å²) in [6.45, 7) is 12.3. The molecule has 0 aliphatic heterocycles. The summed E-state index contributed by atoms with van der Waals surface area (Å²) in [5.41, 5.74) is 2.63. The molecule has 0 spiro atoms. The average Bonchev–Trinajstić information content (AvgIpc) is 2.54. The Morgan fingerprint density at radius 2 is 1.52 bits per heavy atom. The van der Waals surface area contributed by atoms with E-state index in [0.717, 1.165) is 11.4 Å². The molecule has 0 heterocycles. The van der Waals surface area contributed by atoms with Crippen molar-refractivity contribution < 1.29 is 0 Å². The third kappa shape index (κ3) is 6.58. The van der Waals surface area contributed by atoms with Crippen LogP contribution in [0.4, 0.5) is 0 Å². The Labute approximate surface area is 139 Å². The van der Waals surface area contributed by atoms with Crippen molar-refractivity contribution in [2.45, 2.75) is 57.8 Å². The van der Waals surface area contributed by atoms with E-state index in [0.29, 0.717) is 0 Å². The number of hydrogen-bond acceptors (Lipinski definition) is 1. The Hall–Kier alpha value is -0.920. The van der Waals surface area contributed by atoms with Crippen molar-refractivity contribution in [3.8, 4) is 0 Å². The summed E-state index contributed by atoms with van der Waals surface area (Å²) in [5.74, 6) is 0. The van der Waals surface area contributed by atoms with Crippen LogP contribution in [-0.2, 0) is 6.42 Å². The van der Waals surface area contributed by atoms with Gasteiger partial charge in [-0.25, -0.2) is 0 Å². The molecule has 0 radical (unpaired) electrons. The number of halogens is 1. The van der Waals surface area contributed by atoms with Gasteiger partial charge in [-0.1, -0.05) is 76.2 Å². The summed E-state index contributed by atoms with van der Waals surface area (Å²) in [4.78, 5) is 2.61. The molecule has 2 aromatic carbocycles. The van der Waals surface area contributed by atoms with Crippen molar-refractivity contribution in [2.75, 3.05) is 0 Å². The predicted octanol–water partition coefficient (Wildman–Crippen LogP) is 7.41. The molecule has 0 amide bonds. The van der Waals surface area contributed by atoms with Crippen LogP contribution in [0.1, 0.15) is 45.7 Å². The standard InChI is InChI=1S/C15H15ClS.2C2H6/c1-3-12-6-4-5-7-15(12)17-14-9-8-13(16)10-11(14)2;2*1-2/h4-10H,3H2,1-2H3;2*1-2H3. The Balaban J connectivity index is 0.000000921. The van der Waals surface area contributed by atoms with Gasteiger partial charge in [-0.3, -0.25) is 0 Å². The molecule has 0 N–H and O–H groups in total. The second kappa shape index (κ2) is 11.7. The lowest BCUT2D eigenvalue weighted by Crippen LogP contribution is -1.86. The monoisotopic (exact) mass is 322 g/mol. The predicted molar refractivity (Wildman–Crippen MR) is 98.8 cm³/mol. The zero-order valence-electron chi connectivity index (χ0n) is 14.0. The van der Waals surface area contributed by atoms with Gasteiger partial charge < -0.3 is 0 Å². The number of hydrogen-bond donors (Lipinski definition) is 0. The van der Waals surface area contributed by atoms with Gasteiger partial charge >= 0.3 is 0 Å². The largest absolute Gasteiger partial charge is 0.0895 e. The fourth-order valence-electron chi connectivity index (χ4n) is 1.74. The van der Waals surface area contributed by atoms with Crippen molar-refractivity contribution in [1.29, 1.82) is 0 Å². The van der Waals surface area contributed by atoms with E-state index in [-0.39, 0.29) is 0 Å². The molecule has 2 rings (SSSR count). The minimum absolute atomic E-state index is 0.802. The van der Waals surface area contributed by atoms with E-state index in [9.17, 15) is 0 Å². The smallest absolute Gasteiger partial charge is 0.0409 e. The topological polar surface area (TPSA) is 0 Å². The van der Waals surface area contributed by atoms with Crippen molar-refractivity contribution in [3.05, 3.63) is 58.6 Å². The van der Waals surface area contributed by atoms with Crippen LogP contribution in [0.2, 0.25) is 5.02 Å². The van der Waals surface area contributed by atoms with Gasteiger partial charge in [-0.15, -0.1) is 0 Å². The van der Waals surface area contributed by atoms with E-state index >= 15 is 0 Å². The third-order valence-electron chi connectivity index (χ3n) is 2.71. The van der Waals surface area contributed by atoms with E-state index in [1.807, 2.05) is 51.6 Å². The fourth-order valence-corrected chi connectivity index (χ4v) is 3.05. The summed E-state index contributed by atoms with van der Waals surface area (Å²) < 4.78 is 0. The Morgan fingerprint density at radius 3 is 2.10 bits per heavy atom. The molecule has 0 unspecified atom stereocenters. The van der Waals surface area contributed by atoms with Crippen LogP contribution in [0.3, 0.4) is 0 Å². The summed E-state index contributed by atoms with van der Waals surface area (Å²) >= 11 is 7.78. The molecule has 21 heavy (non-hydrogen) atoms. The first kappa shape index (κ1) is 20.1. The van der Waals surface area contributed by atoms with Crippen LogP contribution < -0.4 is 0 Å². The van der Waals surface area contributed by atoms with E-state index in [2.05, 4.69) is 44.2 Å². The van der Waals surface area contributed by atoms with Gasteiger partial charge in [0.05, 0.1) is 0 Å². The first-order chi connectivity index (χ1) is 10.2. The summed E-state index contributed by atoms with van der Waals surface area (Å²) in [6.07, 6.45) is 1.07. The maximum atomic E-state index is 5.97. The van der Waals surface area contributed by atoms with Crippen molar-refractivity contribution in [1.82, 2.24) is 0 Å². The lowest BCUT2D eigenvalue weighted by Gasteiger charge is -2.09. The minimum Gasteiger partial charge on any atom is -0.0895 e. The number of aryl methyl sites for hydroxylation is 2. The normalized spacial score (nSPS) is 9.10. The molecule has 0 bridgehead atoms. The van der Waals surface area contributed by atoms with Crippen LogP contribution in [0.5, 0.6) is 0 Å². The summed E-state index contributed by atoms with van der Waals surface area (Å²) in [6, 6.07) is 14.6. The first-order valence-electron chi connectivity index (χ1n) is 7.72. The zero-order valence-corrected chi connectivity index (χ0v) is 15.6. The second-order valence-corrected chi connectivity index (χ2v) is 5.49. The highest BCUT2D eigenvalue weighted by molar-refractivity contribution is 7.99. The van der Waals surface area contributed by atoms with Gasteiger partial charge in [0.25, 0.3) is 0 Å². The second-order valence-electron chi connectivity index (χ2n) is 3.97. The van der Waals surface area contributed by atoms with Crippen LogP contribution >= 0.6 is 23.4 Å². The van der Waals surface area contributed by atoms with Gasteiger partial charge in [0, 0.05) is 14.8 Å². The molecule has 0 nitrogen and oxygen atoms in total. The quantitative estimate of drug-likeness (QED) is 0.566. The number of rotatable bonds is 3. The molecule has 0 aliphatic carbocycles. The highest BCUT2D eigenvalue weighted by atomic mass is 35.5. The molecule has 0 aliphatic rings. The summed E-state index contributed by atoms with van der Waals surface area (Å²) in [5, 5.41) is 0.802. The lowest BCUT2D eigenvalue weighted by atomic mass is 10.2. The fraction of sp³-hybridized carbons (Fsp3) is 0.368. The molecule has 0 atom stereocenters. The van der Waals surface area contributed by atoms with Crippen LogP contribution in [0.25, 0.3) is 0 Å². The summed E-state index contributed by atoms with van der Waals surface area (Å²) in [7, 11) is 0. The molecule has 2 aromatic rings. The zero-order chi connectivity index (χ0) is 16.3. The number of benzene rings is 2. The van der Waals surface area contributed by atoms with Crippen molar-refractivity contribution in [3.63, 3.8) is 0 Å². The Bertz CT molecular complexity index is 521. The van der Waals surface area contributed by atoms with Crippen LogP contribution in [-0.4, -0.2) is 0 Å². The van der Waals surface area contributed by atoms with E-state index < -0.39 is 0 Å². The molecule has 0 fully saturated rings. The van der Waals surface area contributed by atoms with Gasteiger partial charge in [0.1, 0.15) is 0 Å². The van der Waals surface area contributed by atoms with Gasteiger partial charge in [-0.05, 0) is 48.7 Å². The maximum absolute atomic E-state index is 5.97. The first-order valence-corrected chi connectivity index (χ1v) is 8.92. The van der Waals surface area contributed by atoms with E-state index in [1.165, 1.54) is 20.9 Å². The molecule has 2 heteroatoms. The highest BCUT2D eigenvalue weighted by Crippen LogP contribution is 2.33. The Morgan fingerprint density at radius 1 is 0.905 bits per heavy atom. The minimum atomic E-state index is 0.802. The molecular weight excluding hydrogens is 296 g/mol. The maximum Gasteiger partial charge on any atom is 0.0409 e. The van der Waals surface area contributed by atoms with Crippen LogP contribution in [0.15, 0.2) is 52.3 Å². The van der Waals surface area contributed by atoms with E-state index in [1.54, 1.807) is 0 Å². The van der Waals surface area contributed by atoms with Crippen molar-refractivity contribution in [2.24, 2.45) is 0 Å².